The Labute approximate surface area is 156 Å². The van der Waals surface area contributed by atoms with Gasteiger partial charge in [-0.3, -0.25) is 15.2 Å². The number of rotatable bonds is 7. The Balaban J connectivity index is 1.93. The zero-order valence-corrected chi connectivity index (χ0v) is 14.5. The molecule has 0 fully saturated rings. The Morgan fingerprint density at radius 2 is 1.70 bits per heavy atom. The summed E-state index contributed by atoms with van der Waals surface area (Å²) in [5.41, 5.74) is 4.54. The molecular weight excluding hydrogens is 344 g/mol. The van der Waals surface area contributed by atoms with Crippen molar-refractivity contribution in [2.45, 2.75) is 13.0 Å². The topological polar surface area (TPSA) is 93.0 Å². The minimum Gasteiger partial charge on any atom is -0.507 e. The zero-order valence-electron chi connectivity index (χ0n) is 14.5. The van der Waals surface area contributed by atoms with Crippen LogP contribution in [-0.2, 0) is 17.8 Å². The van der Waals surface area contributed by atoms with Crippen molar-refractivity contribution < 1.29 is 20.3 Å². The monoisotopic (exact) mass is 364 g/mol. The van der Waals surface area contributed by atoms with E-state index in [9.17, 15) is 20.3 Å². The molecule has 0 atom stereocenters. The Bertz CT molecular complexity index is 941. The molecule has 1 amide bonds. The van der Waals surface area contributed by atoms with Gasteiger partial charge in [-0.05, 0) is 52.9 Å². The first kappa shape index (κ1) is 18.4. The van der Waals surface area contributed by atoms with Gasteiger partial charge in [0.2, 0.25) is 6.41 Å². The number of nitrogens with zero attached hydrogens (tertiary/aromatic N) is 1. The first-order valence-electron chi connectivity index (χ1n) is 8.42. The van der Waals surface area contributed by atoms with Gasteiger partial charge in [-0.25, -0.2) is 0 Å². The van der Waals surface area contributed by atoms with Crippen LogP contribution in [0, 0.1) is 0 Å². The normalized spacial score (nSPS) is 10.4. The van der Waals surface area contributed by atoms with Gasteiger partial charge in [0.1, 0.15) is 5.75 Å². The van der Waals surface area contributed by atoms with Crippen molar-refractivity contribution in [3.05, 3.63) is 83.4 Å². The van der Waals surface area contributed by atoms with Gasteiger partial charge in [0.15, 0.2) is 0 Å². The summed E-state index contributed by atoms with van der Waals surface area (Å²) in [5, 5.41) is 31.4. The van der Waals surface area contributed by atoms with E-state index in [-0.39, 0.29) is 16.7 Å². The third-order valence-corrected chi connectivity index (χ3v) is 4.34. The molecule has 0 saturated heterocycles. The molecule has 138 valence electrons. The molecule has 3 aromatic carbocycles. The molecule has 6 heteroatoms. The molecule has 6 nitrogen and oxygen atoms in total. The van der Waals surface area contributed by atoms with Gasteiger partial charge < -0.3 is 10.4 Å². The molecule has 0 aromatic heterocycles. The van der Waals surface area contributed by atoms with Crippen LogP contribution in [0.3, 0.4) is 0 Å². The largest absolute Gasteiger partial charge is 0.507 e. The maximum Gasteiger partial charge on any atom is 0.207 e. The van der Waals surface area contributed by atoms with Crippen molar-refractivity contribution in [3.63, 3.8) is 0 Å². The summed E-state index contributed by atoms with van der Waals surface area (Å²) >= 11 is 0. The number of anilines is 1. The molecule has 0 spiro atoms. The average Bonchev–Trinajstić information content (AvgIpc) is 2.69. The summed E-state index contributed by atoms with van der Waals surface area (Å²) < 4.78 is 0. The van der Waals surface area contributed by atoms with Crippen LogP contribution in [0.4, 0.5) is 5.69 Å². The van der Waals surface area contributed by atoms with E-state index in [0.29, 0.717) is 30.5 Å². The van der Waals surface area contributed by atoms with E-state index in [1.807, 2.05) is 36.4 Å². The van der Waals surface area contributed by atoms with Crippen LogP contribution in [0.2, 0.25) is 0 Å². The number of nitrogens with one attached hydrogen (secondary N) is 1. The van der Waals surface area contributed by atoms with Crippen LogP contribution in [0.1, 0.15) is 16.7 Å². The fourth-order valence-corrected chi connectivity index (χ4v) is 3.00. The summed E-state index contributed by atoms with van der Waals surface area (Å²) in [7, 11) is 0. The van der Waals surface area contributed by atoms with E-state index < -0.39 is 0 Å². The smallest absolute Gasteiger partial charge is 0.207 e. The Hall–Kier alpha value is -3.35. The van der Waals surface area contributed by atoms with Gasteiger partial charge in [0, 0.05) is 12.1 Å². The van der Waals surface area contributed by atoms with Crippen LogP contribution < -0.4 is 10.5 Å². The van der Waals surface area contributed by atoms with E-state index in [1.54, 1.807) is 30.3 Å². The fraction of sp³-hybridized carbons (Fsp3) is 0.0952. The van der Waals surface area contributed by atoms with Crippen molar-refractivity contribution in [2.24, 2.45) is 0 Å². The molecular formula is C21H20N2O4. The molecule has 0 bridgehead atoms. The fourth-order valence-electron chi connectivity index (χ4n) is 3.00. The van der Waals surface area contributed by atoms with Gasteiger partial charge in [-0.15, -0.1) is 5.23 Å². The molecule has 4 N–H and O–H groups in total. The maximum absolute atomic E-state index is 10.6. The molecule has 0 saturated carbocycles. The Morgan fingerprint density at radius 1 is 0.926 bits per heavy atom. The summed E-state index contributed by atoms with van der Waals surface area (Å²) in [5.74, 6) is 0.106. The molecule has 3 aromatic rings. The SMILES string of the molecule is O=CNCc1ccccc1Cc1ccc(O)c(-c2cccc(N(O)O)c2)c1. The molecule has 0 aliphatic carbocycles. The lowest BCUT2D eigenvalue weighted by molar-refractivity contribution is -0.109. The summed E-state index contributed by atoms with van der Waals surface area (Å²) in [6, 6.07) is 19.8. The highest BCUT2D eigenvalue weighted by Crippen LogP contribution is 2.32. The average molecular weight is 364 g/mol. The zero-order chi connectivity index (χ0) is 19.2. The van der Waals surface area contributed by atoms with Crippen LogP contribution in [0.25, 0.3) is 11.1 Å². The molecule has 3 rings (SSSR count). The van der Waals surface area contributed by atoms with E-state index in [4.69, 9.17) is 0 Å². The number of phenolic OH excluding ortho intramolecular Hbond substituents is 1. The van der Waals surface area contributed by atoms with E-state index in [1.165, 1.54) is 0 Å². The first-order chi connectivity index (χ1) is 13.1. The molecule has 0 aliphatic rings. The number of carbonyl (C=O) groups excluding carboxylic acids is 1. The molecule has 0 aliphatic heterocycles. The predicted octanol–water partition coefficient (Wildman–Crippen LogP) is 3.48. The third-order valence-electron chi connectivity index (χ3n) is 4.34. The predicted molar refractivity (Wildman–Crippen MR) is 102 cm³/mol. The van der Waals surface area contributed by atoms with Gasteiger partial charge in [-0.1, -0.05) is 42.5 Å². The van der Waals surface area contributed by atoms with Crippen molar-refractivity contribution >= 4 is 12.1 Å². The second-order valence-electron chi connectivity index (χ2n) is 6.14. The number of phenols is 1. The highest BCUT2D eigenvalue weighted by molar-refractivity contribution is 5.73. The first-order valence-corrected chi connectivity index (χ1v) is 8.42. The van der Waals surface area contributed by atoms with Crippen LogP contribution >= 0.6 is 0 Å². The minimum atomic E-state index is 0.0423. The Morgan fingerprint density at radius 3 is 2.44 bits per heavy atom. The van der Waals surface area contributed by atoms with Gasteiger partial charge in [-0.2, -0.15) is 0 Å². The minimum absolute atomic E-state index is 0.0423. The highest BCUT2D eigenvalue weighted by Gasteiger charge is 2.10. The molecule has 0 heterocycles. The second-order valence-corrected chi connectivity index (χ2v) is 6.14. The summed E-state index contributed by atoms with van der Waals surface area (Å²) in [4.78, 5) is 10.6. The van der Waals surface area contributed by atoms with E-state index >= 15 is 0 Å². The van der Waals surface area contributed by atoms with Crippen LogP contribution in [-0.4, -0.2) is 21.9 Å². The number of carbonyl (C=O) groups is 1. The molecule has 27 heavy (non-hydrogen) atoms. The number of amides is 1. The van der Waals surface area contributed by atoms with E-state index in [0.717, 1.165) is 16.7 Å². The molecule has 0 radical (unpaired) electrons. The van der Waals surface area contributed by atoms with Gasteiger partial charge in [0.05, 0.1) is 5.69 Å². The van der Waals surface area contributed by atoms with Crippen LogP contribution in [0.5, 0.6) is 5.75 Å². The van der Waals surface area contributed by atoms with Gasteiger partial charge in [0.25, 0.3) is 0 Å². The van der Waals surface area contributed by atoms with Crippen molar-refractivity contribution in [3.8, 4) is 16.9 Å². The van der Waals surface area contributed by atoms with Gasteiger partial charge >= 0.3 is 0 Å². The highest BCUT2D eigenvalue weighted by atomic mass is 16.8. The summed E-state index contributed by atoms with van der Waals surface area (Å²) in [6.07, 6.45) is 1.31. The third kappa shape index (κ3) is 4.44. The standard InChI is InChI=1S/C21H20N2O4/c24-14-22-13-18-5-2-1-4-16(18)10-15-8-9-21(25)20(11-15)17-6-3-7-19(12-17)23(26)27/h1-9,11-12,14,25-27H,10,13H2,(H,22,24). The second kappa shape index (κ2) is 8.35. The quantitative estimate of drug-likeness (QED) is 0.380. The lowest BCUT2D eigenvalue weighted by Gasteiger charge is -2.13. The number of hydrogen-bond donors (Lipinski definition) is 4. The van der Waals surface area contributed by atoms with Crippen LogP contribution in [0.15, 0.2) is 66.7 Å². The number of benzene rings is 3. The molecule has 0 unspecified atom stereocenters. The van der Waals surface area contributed by atoms with E-state index in [2.05, 4.69) is 5.32 Å². The lowest BCUT2D eigenvalue weighted by atomic mass is 9.96. The lowest BCUT2D eigenvalue weighted by Crippen LogP contribution is -2.11. The number of aromatic hydroxyl groups is 1. The van der Waals surface area contributed by atoms with Crippen molar-refractivity contribution in [1.29, 1.82) is 0 Å². The maximum atomic E-state index is 10.6. The van der Waals surface area contributed by atoms with Crippen molar-refractivity contribution in [2.75, 3.05) is 5.23 Å². The number of hydrogen-bond acceptors (Lipinski definition) is 5. The Kier molecular flexibility index (Phi) is 5.71. The summed E-state index contributed by atoms with van der Waals surface area (Å²) in [6.45, 7) is 0.454. The van der Waals surface area contributed by atoms with Crippen molar-refractivity contribution in [1.82, 2.24) is 5.32 Å².